The van der Waals surface area contributed by atoms with Crippen molar-refractivity contribution in [2.24, 2.45) is 0 Å². The largest absolute Gasteiger partial charge is 0.494 e. The zero-order valence-electron chi connectivity index (χ0n) is 8.38. The Balaban J connectivity index is 5.08. The van der Waals surface area contributed by atoms with E-state index < -0.39 is 36.3 Å². The first-order chi connectivity index (χ1) is 6.99. The van der Waals surface area contributed by atoms with Gasteiger partial charge in [-0.15, -0.1) is 0 Å². The Kier molecular flexibility index (Phi) is 5.68. The second-order valence-corrected chi connectivity index (χ2v) is 2.60. The molecule has 0 aromatic heterocycles. The molecule has 0 bridgehead atoms. The molecule has 0 saturated carbocycles. The Morgan fingerprint density at radius 3 is 2.07 bits per heavy atom. The van der Waals surface area contributed by atoms with E-state index in [1.54, 1.807) is 0 Å². The van der Waals surface area contributed by atoms with Gasteiger partial charge in [0.1, 0.15) is 12.2 Å². The molecule has 0 fully saturated rings. The number of hydrogen-bond donors (Lipinski definition) is 4. The summed E-state index contributed by atoms with van der Waals surface area (Å²) in [6, 6.07) is 0. The van der Waals surface area contributed by atoms with Crippen LogP contribution in [0.25, 0.3) is 0 Å². The van der Waals surface area contributed by atoms with Gasteiger partial charge in [0.25, 0.3) is 0 Å². The third-order valence-corrected chi connectivity index (χ3v) is 1.66. The maximum atomic E-state index is 10.6. The summed E-state index contributed by atoms with van der Waals surface area (Å²) in [5.41, 5.74) is 0. The number of aliphatic hydroxyl groups is 3. The van der Waals surface area contributed by atoms with Crippen LogP contribution in [-0.4, -0.2) is 59.4 Å². The highest BCUT2D eigenvalue weighted by atomic mass is 16.5. The van der Waals surface area contributed by atoms with Crippen molar-refractivity contribution < 1.29 is 34.7 Å². The summed E-state index contributed by atoms with van der Waals surface area (Å²) in [5, 5.41) is 35.7. The lowest BCUT2D eigenvalue weighted by Gasteiger charge is -2.19. The van der Waals surface area contributed by atoms with Crippen molar-refractivity contribution in [1.82, 2.24) is 0 Å². The number of aliphatic carboxylic acids is 1. The Bertz CT molecular complexity index is 247. The van der Waals surface area contributed by atoms with Crippen LogP contribution in [0.4, 0.5) is 0 Å². The first-order valence-corrected chi connectivity index (χ1v) is 4.02. The zero-order valence-corrected chi connectivity index (χ0v) is 8.38. The van der Waals surface area contributed by atoms with Crippen LogP contribution in [0.5, 0.6) is 0 Å². The van der Waals surface area contributed by atoms with Crippen LogP contribution in [0, 0.1) is 0 Å². The molecular formula is C8H14O7. The maximum absolute atomic E-state index is 10.6. The molecule has 0 aliphatic carbocycles. The summed E-state index contributed by atoms with van der Waals surface area (Å²) in [6.45, 7) is -0.732. The SMILES string of the molecule is CO/C(C(=O)O)=C(\OC)C(O)C(O)CO. The van der Waals surface area contributed by atoms with E-state index in [2.05, 4.69) is 9.47 Å². The molecule has 7 nitrogen and oxygen atoms in total. The third kappa shape index (κ3) is 3.39. The molecular weight excluding hydrogens is 208 g/mol. The highest BCUT2D eigenvalue weighted by Crippen LogP contribution is 2.14. The molecule has 0 aromatic carbocycles. The number of methoxy groups -OCH3 is 2. The van der Waals surface area contributed by atoms with Gasteiger partial charge >= 0.3 is 5.97 Å². The van der Waals surface area contributed by atoms with E-state index >= 15 is 0 Å². The quantitative estimate of drug-likeness (QED) is 0.312. The number of carboxylic acids is 1. The number of aliphatic hydroxyl groups excluding tert-OH is 3. The minimum Gasteiger partial charge on any atom is -0.494 e. The predicted octanol–water partition coefficient (Wildman–Crippen LogP) is -1.71. The van der Waals surface area contributed by atoms with Gasteiger partial charge in [0.15, 0.2) is 5.76 Å². The second kappa shape index (κ2) is 6.23. The number of carbonyl (C=O) groups is 1. The van der Waals surface area contributed by atoms with E-state index in [0.29, 0.717) is 0 Å². The van der Waals surface area contributed by atoms with Crippen LogP contribution < -0.4 is 0 Å². The standard InChI is InChI=1S/C8H14O7/c1-14-6(5(11)4(10)3-9)7(15-2)8(12)13/h4-5,9-11H,3H2,1-2H3,(H,12,13)/b7-6-. The van der Waals surface area contributed by atoms with Gasteiger partial charge in [-0.1, -0.05) is 0 Å². The Labute approximate surface area is 86.2 Å². The van der Waals surface area contributed by atoms with Gasteiger partial charge in [-0.3, -0.25) is 0 Å². The van der Waals surface area contributed by atoms with Gasteiger partial charge < -0.3 is 29.9 Å². The molecule has 0 aliphatic rings. The number of rotatable bonds is 6. The Hall–Kier alpha value is -1.31. The van der Waals surface area contributed by atoms with Crippen LogP contribution in [0.15, 0.2) is 11.5 Å². The van der Waals surface area contributed by atoms with E-state index in [0.717, 1.165) is 14.2 Å². The molecule has 0 aliphatic heterocycles. The second-order valence-electron chi connectivity index (χ2n) is 2.60. The average Bonchev–Trinajstić information content (AvgIpc) is 2.22. The number of hydrogen-bond acceptors (Lipinski definition) is 6. The highest BCUT2D eigenvalue weighted by Gasteiger charge is 2.28. The maximum Gasteiger partial charge on any atom is 0.374 e. The molecule has 0 radical (unpaired) electrons. The van der Waals surface area contributed by atoms with E-state index in [1.807, 2.05) is 0 Å². The molecule has 0 spiro atoms. The molecule has 4 N–H and O–H groups in total. The van der Waals surface area contributed by atoms with Crippen molar-refractivity contribution >= 4 is 5.97 Å². The zero-order chi connectivity index (χ0) is 12.0. The van der Waals surface area contributed by atoms with Crippen LogP contribution >= 0.6 is 0 Å². The molecule has 2 atom stereocenters. The minimum atomic E-state index is -1.66. The lowest BCUT2D eigenvalue weighted by Crippen LogP contribution is -2.33. The highest BCUT2D eigenvalue weighted by molar-refractivity contribution is 5.85. The molecule has 0 saturated heterocycles. The Morgan fingerprint density at radius 2 is 1.80 bits per heavy atom. The summed E-state index contributed by atoms with van der Waals surface area (Å²) >= 11 is 0. The fourth-order valence-corrected chi connectivity index (χ4v) is 0.916. The van der Waals surface area contributed by atoms with Crippen molar-refractivity contribution in [3.63, 3.8) is 0 Å². The monoisotopic (exact) mass is 222 g/mol. The minimum absolute atomic E-state index is 0.452. The summed E-state index contributed by atoms with van der Waals surface area (Å²) in [4.78, 5) is 10.6. The molecule has 0 aromatic rings. The van der Waals surface area contributed by atoms with Gasteiger partial charge in [0, 0.05) is 0 Å². The number of ether oxygens (including phenoxy) is 2. The molecule has 0 amide bonds. The van der Waals surface area contributed by atoms with Crippen molar-refractivity contribution in [3.8, 4) is 0 Å². The van der Waals surface area contributed by atoms with Gasteiger partial charge in [-0.05, 0) is 0 Å². The van der Waals surface area contributed by atoms with Gasteiger partial charge in [-0.25, -0.2) is 4.79 Å². The van der Waals surface area contributed by atoms with Gasteiger partial charge in [-0.2, -0.15) is 0 Å². The fraction of sp³-hybridized carbons (Fsp3) is 0.625. The van der Waals surface area contributed by atoms with Crippen molar-refractivity contribution in [3.05, 3.63) is 11.5 Å². The molecule has 7 heteroatoms. The first-order valence-electron chi connectivity index (χ1n) is 4.02. The van der Waals surface area contributed by atoms with Crippen LogP contribution in [-0.2, 0) is 14.3 Å². The van der Waals surface area contributed by atoms with Crippen LogP contribution in [0.3, 0.4) is 0 Å². The summed E-state index contributed by atoms with van der Waals surface area (Å²) < 4.78 is 9.08. The summed E-state index contributed by atoms with van der Waals surface area (Å²) in [6.07, 6.45) is -3.20. The van der Waals surface area contributed by atoms with Crippen LogP contribution in [0.1, 0.15) is 0 Å². The predicted molar refractivity (Wildman–Crippen MR) is 47.8 cm³/mol. The topological polar surface area (TPSA) is 116 Å². The lowest BCUT2D eigenvalue weighted by atomic mass is 10.1. The van der Waals surface area contributed by atoms with Gasteiger partial charge in [0.05, 0.1) is 20.8 Å². The third-order valence-electron chi connectivity index (χ3n) is 1.66. The summed E-state index contributed by atoms with van der Waals surface area (Å²) in [7, 11) is 2.20. The van der Waals surface area contributed by atoms with Crippen LogP contribution in [0.2, 0.25) is 0 Å². The fourth-order valence-electron chi connectivity index (χ4n) is 0.916. The normalized spacial score (nSPS) is 16.3. The smallest absolute Gasteiger partial charge is 0.374 e. The molecule has 88 valence electrons. The van der Waals surface area contributed by atoms with Gasteiger partial charge in [0.2, 0.25) is 5.76 Å². The lowest BCUT2D eigenvalue weighted by molar-refractivity contribution is -0.137. The molecule has 2 unspecified atom stereocenters. The van der Waals surface area contributed by atoms with Crippen molar-refractivity contribution in [2.75, 3.05) is 20.8 Å². The van der Waals surface area contributed by atoms with E-state index in [9.17, 15) is 9.90 Å². The van der Waals surface area contributed by atoms with E-state index in [4.69, 9.17) is 15.3 Å². The molecule has 15 heavy (non-hydrogen) atoms. The molecule has 0 rings (SSSR count). The summed E-state index contributed by atoms with van der Waals surface area (Å²) in [5.74, 6) is -2.53. The Morgan fingerprint density at radius 1 is 1.27 bits per heavy atom. The molecule has 0 heterocycles. The van der Waals surface area contributed by atoms with Crippen molar-refractivity contribution in [2.45, 2.75) is 12.2 Å². The van der Waals surface area contributed by atoms with E-state index in [1.165, 1.54) is 0 Å². The van der Waals surface area contributed by atoms with E-state index in [-0.39, 0.29) is 0 Å². The number of carboxylic acid groups (broad SMARTS) is 1. The van der Waals surface area contributed by atoms with Crippen molar-refractivity contribution in [1.29, 1.82) is 0 Å². The average molecular weight is 222 g/mol. The first kappa shape index (κ1) is 13.7.